The zero-order valence-corrected chi connectivity index (χ0v) is 12.9. The molecule has 1 unspecified atom stereocenters. The van der Waals surface area contributed by atoms with Crippen LogP contribution in [0, 0.1) is 10.1 Å². The van der Waals surface area contributed by atoms with Crippen LogP contribution >= 0.6 is 0 Å². The second-order valence-corrected chi connectivity index (χ2v) is 5.56. The van der Waals surface area contributed by atoms with Crippen LogP contribution in [0.2, 0.25) is 0 Å². The van der Waals surface area contributed by atoms with Crippen molar-refractivity contribution >= 4 is 17.5 Å². The first-order valence-corrected chi connectivity index (χ1v) is 7.15. The van der Waals surface area contributed by atoms with Crippen LogP contribution in [0.3, 0.4) is 0 Å². The van der Waals surface area contributed by atoms with Gasteiger partial charge in [0.15, 0.2) is 0 Å². The molecule has 1 aliphatic heterocycles. The summed E-state index contributed by atoms with van der Waals surface area (Å²) in [7, 11) is 1.22. The minimum atomic E-state index is -0.644. The number of likely N-dealkylation sites (tertiary alicyclic amines) is 1. The number of nitrogens with zero attached hydrogens (tertiary/aromatic N) is 3. The van der Waals surface area contributed by atoms with E-state index in [2.05, 4.69) is 33.8 Å². The van der Waals surface area contributed by atoms with Crippen molar-refractivity contribution in [3.05, 3.63) is 27.9 Å². The lowest BCUT2D eigenvalue weighted by Crippen LogP contribution is -2.31. The SMILES string of the molecule is COC(=O)c1cnc(NC2CCN(C(C)C)C2)c([N+](=O)[O-])c1. The van der Waals surface area contributed by atoms with Crippen LogP contribution in [0.4, 0.5) is 11.5 Å². The molecule has 0 aliphatic carbocycles. The number of carbonyl (C=O) groups is 1. The minimum absolute atomic E-state index is 0.0648. The van der Waals surface area contributed by atoms with Gasteiger partial charge < -0.3 is 10.1 Å². The average molecular weight is 308 g/mol. The summed E-state index contributed by atoms with van der Waals surface area (Å²) in [5.74, 6) is -0.456. The van der Waals surface area contributed by atoms with E-state index in [-0.39, 0.29) is 23.1 Å². The lowest BCUT2D eigenvalue weighted by Gasteiger charge is -2.20. The molecule has 1 atom stereocenters. The quantitative estimate of drug-likeness (QED) is 0.502. The van der Waals surface area contributed by atoms with Crippen molar-refractivity contribution in [2.75, 3.05) is 25.5 Å². The van der Waals surface area contributed by atoms with Crippen LogP contribution in [0.1, 0.15) is 30.6 Å². The molecule has 0 aromatic carbocycles. The summed E-state index contributed by atoms with van der Waals surface area (Å²) in [6.45, 7) is 6.00. The minimum Gasteiger partial charge on any atom is -0.465 e. The largest absolute Gasteiger partial charge is 0.465 e. The standard InChI is InChI=1S/C14H20N4O4/c1-9(2)17-5-4-11(8-17)16-13-12(18(20)21)6-10(7-15-13)14(19)22-3/h6-7,9,11H,4-5,8H2,1-3H3,(H,15,16). The van der Waals surface area contributed by atoms with Gasteiger partial charge in [0.05, 0.1) is 17.6 Å². The van der Waals surface area contributed by atoms with Crippen molar-refractivity contribution in [2.45, 2.75) is 32.4 Å². The van der Waals surface area contributed by atoms with Crippen LogP contribution in [-0.4, -0.2) is 53.1 Å². The summed E-state index contributed by atoms with van der Waals surface area (Å²) >= 11 is 0. The Morgan fingerprint density at radius 3 is 2.86 bits per heavy atom. The smallest absolute Gasteiger partial charge is 0.339 e. The summed E-state index contributed by atoms with van der Waals surface area (Å²) in [6, 6.07) is 1.74. The monoisotopic (exact) mass is 308 g/mol. The fraction of sp³-hybridized carbons (Fsp3) is 0.571. The summed E-state index contributed by atoms with van der Waals surface area (Å²) in [5.41, 5.74) is -0.152. The van der Waals surface area contributed by atoms with E-state index in [0.29, 0.717) is 6.04 Å². The number of esters is 1. The van der Waals surface area contributed by atoms with Crippen LogP contribution in [0.25, 0.3) is 0 Å². The predicted octanol–water partition coefficient (Wildman–Crippen LogP) is 1.67. The van der Waals surface area contributed by atoms with Gasteiger partial charge in [0.25, 0.3) is 0 Å². The Hall–Kier alpha value is -2.22. The molecule has 0 radical (unpaired) electrons. The van der Waals surface area contributed by atoms with Gasteiger partial charge in [-0.3, -0.25) is 15.0 Å². The van der Waals surface area contributed by atoms with Gasteiger partial charge in [-0.25, -0.2) is 9.78 Å². The third kappa shape index (κ3) is 3.51. The van der Waals surface area contributed by atoms with E-state index in [1.165, 1.54) is 19.4 Å². The number of anilines is 1. The molecule has 1 aliphatic rings. The van der Waals surface area contributed by atoms with Gasteiger partial charge in [-0.05, 0) is 20.3 Å². The highest BCUT2D eigenvalue weighted by atomic mass is 16.6. The molecule has 1 fully saturated rings. The number of aromatic nitrogens is 1. The van der Waals surface area contributed by atoms with E-state index in [4.69, 9.17) is 0 Å². The molecule has 8 heteroatoms. The number of pyridine rings is 1. The Bertz CT molecular complexity index is 576. The van der Waals surface area contributed by atoms with Gasteiger partial charge in [0, 0.05) is 37.4 Å². The maximum absolute atomic E-state index is 11.5. The highest BCUT2D eigenvalue weighted by Crippen LogP contribution is 2.26. The van der Waals surface area contributed by atoms with Crippen molar-refractivity contribution in [3.63, 3.8) is 0 Å². The topological polar surface area (TPSA) is 97.6 Å². The first kappa shape index (κ1) is 16.2. The highest BCUT2D eigenvalue weighted by Gasteiger charge is 2.27. The average Bonchev–Trinajstić information content (AvgIpc) is 2.95. The van der Waals surface area contributed by atoms with Gasteiger partial charge in [0.1, 0.15) is 0 Å². The number of methoxy groups -OCH3 is 1. The van der Waals surface area contributed by atoms with Crippen LogP contribution < -0.4 is 5.32 Å². The number of ether oxygens (including phenoxy) is 1. The molecule has 1 N–H and O–H groups in total. The van der Waals surface area contributed by atoms with Crippen molar-refractivity contribution in [3.8, 4) is 0 Å². The first-order valence-electron chi connectivity index (χ1n) is 7.15. The van der Waals surface area contributed by atoms with E-state index in [1.807, 2.05) is 0 Å². The zero-order valence-electron chi connectivity index (χ0n) is 12.9. The van der Waals surface area contributed by atoms with Gasteiger partial charge in [-0.1, -0.05) is 0 Å². The third-order valence-corrected chi connectivity index (χ3v) is 3.78. The molecule has 1 saturated heterocycles. The number of carbonyl (C=O) groups excluding carboxylic acids is 1. The van der Waals surface area contributed by atoms with E-state index in [1.54, 1.807) is 0 Å². The van der Waals surface area contributed by atoms with E-state index in [9.17, 15) is 14.9 Å². The zero-order chi connectivity index (χ0) is 16.3. The Balaban J connectivity index is 2.17. The maximum atomic E-state index is 11.5. The molecule has 1 aromatic rings. The second kappa shape index (κ2) is 6.69. The Labute approximate surface area is 128 Å². The summed E-state index contributed by atoms with van der Waals surface area (Å²) in [6.07, 6.45) is 2.19. The fourth-order valence-corrected chi connectivity index (χ4v) is 2.50. The molecule has 0 amide bonds. The third-order valence-electron chi connectivity index (χ3n) is 3.78. The lowest BCUT2D eigenvalue weighted by molar-refractivity contribution is -0.384. The lowest BCUT2D eigenvalue weighted by atomic mass is 10.2. The van der Waals surface area contributed by atoms with Crippen LogP contribution in [0.15, 0.2) is 12.3 Å². The molecular formula is C14H20N4O4. The molecule has 8 nitrogen and oxygen atoms in total. The molecule has 2 heterocycles. The molecule has 0 bridgehead atoms. The molecule has 22 heavy (non-hydrogen) atoms. The number of hydrogen-bond donors (Lipinski definition) is 1. The van der Waals surface area contributed by atoms with E-state index < -0.39 is 10.9 Å². The normalized spacial score (nSPS) is 18.5. The van der Waals surface area contributed by atoms with Crippen molar-refractivity contribution in [1.82, 2.24) is 9.88 Å². The summed E-state index contributed by atoms with van der Waals surface area (Å²) < 4.78 is 4.56. The van der Waals surface area contributed by atoms with Crippen molar-refractivity contribution < 1.29 is 14.5 Å². The Morgan fingerprint density at radius 1 is 1.59 bits per heavy atom. The molecule has 0 saturated carbocycles. The number of rotatable bonds is 5. The molecule has 120 valence electrons. The number of nitrogens with one attached hydrogen (secondary N) is 1. The van der Waals surface area contributed by atoms with E-state index in [0.717, 1.165) is 19.5 Å². The molecule has 1 aromatic heterocycles. The van der Waals surface area contributed by atoms with Gasteiger partial charge in [-0.2, -0.15) is 0 Å². The number of hydrogen-bond acceptors (Lipinski definition) is 7. The van der Waals surface area contributed by atoms with Gasteiger partial charge >= 0.3 is 11.7 Å². The molecule has 2 rings (SSSR count). The molecule has 0 spiro atoms. The summed E-state index contributed by atoms with van der Waals surface area (Å²) in [5, 5.41) is 14.3. The van der Waals surface area contributed by atoms with E-state index >= 15 is 0 Å². The fourth-order valence-electron chi connectivity index (χ4n) is 2.50. The summed E-state index contributed by atoms with van der Waals surface area (Å²) in [4.78, 5) is 28.4. The second-order valence-electron chi connectivity index (χ2n) is 5.56. The van der Waals surface area contributed by atoms with Gasteiger partial charge in [-0.15, -0.1) is 0 Å². The van der Waals surface area contributed by atoms with Crippen molar-refractivity contribution in [2.24, 2.45) is 0 Å². The van der Waals surface area contributed by atoms with Gasteiger partial charge in [0.2, 0.25) is 5.82 Å². The first-order chi connectivity index (χ1) is 10.4. The van der Waals surface area contributed by atoms with Crippen LogP contribution in [-0.2, 0) is 4.74 Å². The number of nitro groups is 1. The molecular weight excluding hydrogens is 288 g/mol. The van der Waals surface area contributed by atoms with Crippen LogP contribution in [0.5, 0.6) is 0 Å². The predicted molar refractivity (Wildman–Crippen MR) is 81.0 cm³/mol. The highest BCUT2D eigenvalue weighted by molar-refractivity contribution is 5.90. The van der Waals surface area contributed by atoms with Crippen molar-refractivity contribution in [1.29, 1.82) is 0 Å². The Morgan fingerprint density at radius 2 is 2.32 bits per heavy atom. The Kier molecular flexibility index (Phi) is 4.92. The maximum Gasteiger partial charge on any atom is 0.339 e.